The van der Waals surface area contributed by atoms with Crippen LogP contribution in [0.15, 0.2) is 72.8 Å². The molecule has 1 N–H and O–H groups in total. The molecule has 1 aliphatic heterocycles. The summed E-state index contributed by atoms with van der Waals surface area (Å²) >= 11 is 6.06. The normalized spacial score (nSPS) is 12.7. The lowest BCUT2D eigenvalue weighted by atomic mass is 10.2. The Morgan fingerprint density at radius 1 is 1.07 bits per heavy atom. The van der Waals surface area contributed by atoms with Gasteiger partial charge in [-0.1, -0.05) is 41.9 Å². The number of anilines is 2. The third-order valence-electron chi connectivity index (χ3n) is 4.27. The summed E-state index contributed by atoms with van der Waals surface area (Å²) in [6.07, 6.45) is 0. The number of nitrogens with zero attached hydrogens (tertiary/aromatic N) is 1. The number of amides is 1. The van der Waals surface area contributed by atoms with Crippen LogP contribution in [0.25, 0.3) is 0 Å². The molecule has 1 heterocycles. The number of hydrogen-bond acceptors (Lipinski definition) is 5. The number of carbonyl (C=O) groups excluding carboxylic acids is 2. The summed E-state index contributed by atoms with van der Waals surface area (Å²) in [6, 6.07) is 21.4. The SMILES string of the molecule is O=C(CN1CC(=O)Oc2ccc(Cl)cc21)Nc1ccccc1Oc1ccccc1. The van der Waals surface area contributed by atoms with E-state index in [9.17, 15) is 9.59 Å². The second kappa shape index (κ2) is 8.24. The molecule has 0 radical (unpaired) electrons. The van der Waals surface area contributed by atoms with Gasteiger partial charge in [-0.2, -0.15) is 0 Å². The second-order valence-electron chi connectivity index (χ2n) is 6.40. The zero-order chi connectivity index (χ0) is 20.2. The predicted molar refractivity (Wildman–Crippen MR) is 111 cm³/mol. The Morgan fingerprint density at radius 2 is 1.83 bits per heavy atom. The van der Waals surface area contributed by atoms with E-state index in [-0.39, 0.29) is 19.0 Å². The maximum atomic E-state index is 12.7. The zero-order valence-electron chi connectivity index (χ0n) is 15.3. The number of carbonyl (C=O) groups is 2. The summed E-state index contributed by atoms with van der Waals surface area (Å²) in [6.45, 7) is -0.0783. The zero-order valence-corrected chi connectivity index (χ0v) is 16.1. The van der Waals surface area contributed by atoms with E-state index in [2.05, 4.69) is 5.32 Å². The van der Waals surface area contributed by atoms with Gasteiger partial charge in [0.05, 0.1) is 17.9 Å². The molecule has 4 rings (SSSR count). The van der Waals surface area contributed by atoms with Crippen LogP contribution in [0.5, 0.6) is 17.2 Å². The minimum atomic E-state index is -0.430. The van der Waals surface area contributed by atoms with Gasteiger partial charge in [0.15, 0.2) is 11.5 Å². The van der Waals surface area contributed by atoms with E-state index in [1.54, 1.807) is 41.3 Å². The second-order valence-corrected chi connectivity index (χ2v) is 6.84. The first-order valence-electron chi connectivity index (χ1n) is 8.95. The van der Waals surface area contributed by atoms with Crippen molar-refractivity contribution in [3.05, 3.63) is 77.8 Å². The quantitative estimate of drug-likeness (QED) is 0.497. The van der Waals surface area contributed by atoms with Gasteiger partial charge >= 0.3 is 5.97 Å². The van der Waals surface area contributed by atoms with E-state index >= 15 is 0 Å². The Labute approximate surface area is 172 Å². The fourth-order valence-electron chi connectivity index (χ4n) is 3.00. The number of halogens is 1. The molecule has 29 heavy (non-hydrogen) atoms. The largest absolute Gasteiger partial charge is 0.455 e. The molecular weight excluding hydrogens is 392 g/mol. The van der Waals surface area contributed by atoms with Crippen molar-refractivity contribution in [2.24, 2.45) is 0 Å². The summed E-state index contributed by atoms with van der Waals surface area (Å²) in [4.78, 5) is 26.2. The molecular formula is C22H17ClN2O4. The number of hydrogen-bond donors (Lipinski definition) is 1. The molecule has 0 bridgehead atoms. The Hall–Kier alpha value is -3.51. The molecule has 6 nitrogen and oxygen atoms in total. The molecule has 3 aromatic rings. The van der Waals surface area contributed by atoms with Gasteiger partial charge in [0.1, 0.15) is 12.3 Å². The highest BCUT2D eigenvalue weighted by Gasteiger charge is 2.26. The van der Waals surface area contributed by atoms with Crippen molar-refractivity contribution in [2.75, 3.05) is 23.3 Å². The highest BCUT2D eigenvalue weighted by atomic mass is 35.5. The summed E-state index contributed by atoms with van der Waals surface area (Å²) in [5.74, 6) is 0.839. The van der Waals surface area contributed by atoms with Crippen LogP contribution in [0.2, 0.25) is 5.02 Å². The molecule has 0 unspecified atom stereocenters. The van der Waals surface area contributed by atoms with Crippen LogP contribution in [0.4, 0.5) is 11.4 Å². The van der Waals surface area contributed by atoms with Crippen molar-refractivity contribution < 1.29 is 19.1 Å². The topological polar surface area (TPSA) is 67.9 Å². The van der Waals surface area contributed by atoms with E-state index in [1.165, 1.54) is 0 Å². The van der Waals surface area contributed by atoms with E-state index < -0.39 is 5.97 Å². The van der Waals surface area contributed by atoms with Crippen molar-refractivity contribution in [3.8, 4) is 17.2 Å². The van der Waals surface area contributed by atoms with E-state index in [0.29, 0.717) is 33.6 Å². The predicted octanol–water partition coefficient (Wildman–Crippen LogP) is 4.50. The third-order valence-corrected chi connectivity index (χ3v) is 4.51. The minimum Gasteiger partial charge on any atom is -0.455 e. The average Bonchev–Trinajstić information content (AvgIpc) is 2.71. The van der Waals surface area contributed by atoms with Crippen LogP contribution in [0, 0.1) is 0 Å². The van der Waals surface area contributed by atoms with Crippen molar-refractivity contribution in [1.29, 1.82) is 0 Å². The van der Waals surface area contributed by atoms with Crippen molar-refractivity contribution in [3.63, 3.8) is 0 Å². The Balaban J connectivity index is 1.50. The summed E-state index contributed by atoms with van der Waals surface area (Å²) < 4.78 is 11.1. The number of esters is 1. The van der Waals surface area contributed by atoms with Gasteiger partial charge < -0.3 is 19.7 Å². The van der Waals surface area contributed by atoms with Gasteiger partial charge in [-0.15, -0.1) is 0 Å². The van der Waals surface area contributed by atoms with Crippen LogP contribution >= 0.6 is 11.6 Å². The Morgan fingerprint density at radius 3 is 2.66 bits per heavy atom. The number of rotatable bonds is 5. The average molecular weight is 409 g/mol. The van der Waals surface area contributed by atoms with Crippen LogP contribution in [0.1, 0.15) is 0 Å². The standard InChI is InChI=1S/C22H17ClN2O4/c23-15-10-11-20-18(12-15)25(14-22(27)29-20)13-21(26)24-17-8-4-5-9-19(17)28-16-6-2-1-3-7-16/h1-12H,13-14H2,(H,24,26). The molecule has 7 heteroatoms. The molecule has 0 saturated carbocycles. The first-order valence-corrected chi connectivity index (χ1v) is 9.33. The lowest BCUT2D eigenvalue weighted by molar-refractivity contribution is -0.133. The lowest BCUT2D eigenvalue weighted by Gasteiger charge is -2.29. The van der Waals surface area contributed by atoms with Gasteiger partial charge in [-0.25, -0.2) is 4.79 Å². The van der Waals surface area contributed by atoms with Gasteiger partial charge in [-0.05, 0) is 42.5 Å². The maximum Gasteiger partial charge on any atom is 0.331 e. The summed E-state index contributed by atoms with van der Waals surface area (Å²) in [7, 11) is 0. The number of nitrogens with one attached hydrogen (secondary N) is 1. The molecule has 0 atom stereocenters. The number of para-hydroxylation sites is 3. The molecule has 0 aliphatic carbocycles. The Bertz CT molecular complexity index is 1060. The first-order chi connectivity index (χ1) is 14.1. The van der Waals surface area contributed by atoms with Crippen LogP contribution in [0.3, 0.4) is 0 Å². The van der Waals surface area contributed by atoms with Gasteiger partial charge in [-0.3, -0.25) is 4.79 Å². The van der Waals surface area contributed by atoms with Crippen molar-refractivity contribution in [1.82, 2.24) is 0 Å². The maximum absolute atomic E-state index is 12.7. The summed E-state index contributed by atoms with van der Waals surface area (Å²) in [5, 5.41) is 3.34. The smallest absolute Gasteiger partial charge is 0.331 e. The highest BCUT2D eigenvalue weighted by molar-refractivity contribution is 6.31. The van der Waals surface area contributed by atoms with Crippen molar-refractivity contribution in [2.45, 2.75) is 0 Å². The van der Waals surface area contributed by atoms with Gasteiger partial charge in [0.2, 0.25) is 5.91 Å². The molecule has 146 valence electrons. The van der Waals surface area contributed by atoms with Crippen LogP contribution < -0.4 is 19.7 Å². The van der Waals surface area contributed by atoms with Gasteiger partial charge in [0.25, 0.3) is 0 Å². The van der Waals surface area contributed by atoms with E-state index in [1.807, 2.05) is 36.4 Å². The Kier molecular flexibility index (Phi) is 5.35. The fourth-order valence-corrected chi connectivity index (χ4v) is 3.16. The van der Waals surface area contributed by atoms with Crippen LogP contribution in [-0.4, -0.2) is 25.0 Å². The molecule has 0 spiro atoms. The number of benzene rings is 3. The third kappa shape index (κ3) is 4.50. The van der Waals surface area contributed by atoms with E-state index in [0.717, 1.165) is 0 Å². The fraction of sp³-hybridized carbons (Fsp3) is 0.0909. The first kappa shape index (κ1) is 18.8. The number of ether oxygens (including phenoxy) is 2. The molecule has 0 fully saturated rings. The number of fused-ring (bicyclic) bond motifs is 1. The monoisotopic (exact) mass is 408 g/mol. The highest BCUT2D eigenvalue weighted by Crippen LogP contribution is 2.34. The minimum absolute atomic E-state index is 0.0388. The van der Waals surface area contributed by atoms with Crippen LogP contribution in [-0.2, 0) is 9.59 Å². The molecule has 1 aliphatic rings. The molecule has 0 saturated heterocycles. The molecule has 0 aromatic heterocycles. The van der Waals surface area contributed by atoms with Gasteiger partial charge in [0, 0.05) is 5.02 Å². The molecule has 1 amide bonds. The van der Waals surface area contributed by atoms with E-state index in [4.69, 9.17) is 21.1 Å². The van der Waals surface area contributed by atoms with Crippen molar-refractivity contribution >= 4 is 34.9 Å². The molecule has 3 aromatic carbocycles. The lowest BCUT2D eigenvalue weighted by Crippen LogP contribution is -2.41. The summed E-state index contributed by atoms with van der Waals surface area (Å²) in [5.41, 5.74) is 1.13.